The van der Waals surface area contributed by atoms with Gasteiger partial charge < -0.3 is 10.2 Å². The number of amides is 2. The van der Waals surface area contributed by atoms with Crippen molar-refractivity contribution >= 4 is 27.5 Å². The second kappa shape index (κ2) is 9.47. The van der Waals surface area contributed by atoms with Gasteiger partial charge in [0.25, 0.3) is 0 Å². The molecule has 0 saturated carbocycles. The first-order valence-electron chi connectivity index (χ1n) is 10.9. The van der Waals surface area contributed by atoms with Gasteiger partial charge in [-0.15, -0.1) is 0 Å². The van der Waals surface area contributed by atoms with Crippen LogP contribution in [0.1, 0.15) is 58.4 Å². The highest BCUT2D eigenvalue weighted by molar-refractivity contribution is 7.89. The smallest absolute Gasteiger partial charge is 0.241 e. The lowest BCUT2D eigenvalue weighted by Crippen LogP contribution is -2.51. The Hall–Kier alpha value is -1.93. The zero-order chi connectivity index (χ0) is 21.9. The van der Waals surface area contributed by atoms with Gasteiger partial charge in [-0.3, -0.25) is 9.59 Å². The average Bonchev–Trinajstić information content (AvgIpc) is 2.86. The largest absolute Gasteiger partial charge is 0.341 e. The summed E-state index contributed by atoms with van der Waals surface area (Å²) in [5, 5.41) is 2.82. The molecule has 1 aromatic rings. The fourth-order valence-corrected chi connectivity index (χ4v) is 5.35. The minimum Gasteiger partial charge on any atom is -0.341 e. The fourth-order valence-electron chi connectivity index (χ4n) is 4.09. The number of anilines is 1. The maximum Gasteiger partial charge on any atom is 0.241 e. The summed E-state index contributed by atoms with van der Waals surface area (Å²) in [5.41, 5.74) is 1.47. The lowest BCUT2D eigenvalue weighted by Gasteiger charge is -2.33. The maximum absolute atomic E-state index is 13.1. The van der Waals surface area contributed by atoms with Crippen molar-refractivity contribution in [1.82, 2.24) is 9.62 Å². The van der Waals surface area contributed by atoms with E-state index in [1.165, 1.54) is 6.07 Å². The van der Waals surface area contributed by atoms with Gasteiger partial charge in [0.2, 0.25) is 21.8 Å². The van der Waals surface area contributed by atoms with Crippen molar-refractivity contribution in [3.63, 3.8) is 0 Å². The van der Waals surface area contributed by atoms with Gasteiger partial charge in [-0.2, -0.15) is 4.72 Å². The Kier molecular flexibility index (Phi) is 7.18. The highest BCUT2D eigenvalue weighted by atomic mass is 32.2. The number of carbonyl (C=O) groups excluding carboxylic acids is 2. The van der Waals surface area contributed by atoms with Crippen LogP contribution in [-0.4, -0.2) is 44.3 Å². The molecule has 2 N–H and O–H groups in total. The molecule has 2 aliphatic heterocycles. The number of benzene rings is 1. The lowest BCUT2D eigenvalue weighted by atomic mass is 9.97. The molecular weight excluding hydrogens is 402 g/mol. The van der Waals surface area contributed by atoms with E-state index in [0.29, 0.717) is 50.4 Å². The SMILES string of the molecule is CC(C)C[C@H](NS(=O)(=O)c1ccc2c(c1)CCCC(=O)N2)C(=O)N1CCC(C)CC1. The van der Waals surface area contributed by atoms with Crippen LogP contribution in [0, 0.1) is 11.8 Å². The quantitative estimate of drug-likeness (QED) is 0.718. The molecule has 0 radical (unpaired) electrons. The van der Waals surface area contributed by atoms with Gasteiger partial charge in [0.05, 0.1) is 4.90 Å². The molecule has 166 valence electrons. The number of hydrogen-bond acceptors (Lipinski definition) is 4. The number of aryl methyl sites for hydroxylation is 1. The molecule has 0 spiro atoms. The van der Waals surface area contributed by atoms with E-state index in [2.05, 4.69) is 17.0 Å². The fraction of sp³-hybridized carbons (Fsp3) is 0.636. The summed E-state index contributed by atoms with van der Waals surface area (Å²) >= 11 is 0. The van der Waals surface area contributed by atoms with Crippen LogP contribution in [0.4, 0.5) is 5.69 Å². The molecule has 7 nitrogen and oxygen atoms in total. The summed E-state index contributed by atoms with van der Waals surface area (Å²) in [6.45, 7) is 7.50. The first-order valence-corrected chi connectivity index (χ1v) is 12.4. The van der Waals surface area contributed by atoms with Crippen molar-refractivity contribution in [3.8, 4) is 0 Å². The molecule has 2 amide bonds. The molecule has 2 heterocycles. The van der Waals surface area contributed by atoms with Gasteiger partial charge in [0.15, 0.2) is 0 Å². The van der Waals surface area contributed by atoms with Crippen LogP contribution in [-0.2, 0) is 26.0 Å². The maximum atomic E-state index is 13.1. The van der Waals surface area contributed by atoms with Crippen molar-refractivity contribution < 1.29 is 18.0 Å². The normalized spacial score (nSPS) is 19.2. The van der Waals surface area contributed by atoms with E-state index in [-0.39, 0.29) is 22.6 Å². The Morgan fingerprint density at radius 2 is 1.93 bits per heavy atom. The molecule has 0 bridgehead atoms. The molecule has 0 unspecified atom stereocenters. The van der Waals surface area contributed by atoms with Crippen LogP contribution in [0.3, 0.4) is 0 Å². The summed E-state index contributed by atoms with van der Waals surface area (Å²) < 4.78 is 28.9. The molecule has 1 aromatic carbocycles. The second-order valence-corrected chi connectivity index (χ2v) is 10.7. The van der Waals surface area contributed by atoms with Crippen LogP contribution >= 0.6 is 0 Å². The number of piperidine rings is 1. The third kappa shape index (κ3) is 5.60. The van der Waals surface area contributed by atoms with E-state index >= 15 is 0 Å². The highest BCUT2D eigenvalue weighted by Crippen LogP contribution is 2.26. The summed E-state index contributed by atoms with van der Waals surface area (Å²) in [7, 11) is -3.87. The molecule has 8 heteroatoms. The molecule has 30 heavy (non-hydrogen) atoms. The van der Waals surface area contributed by atoms with Crippen LogP contribution in [0.5, 0.6) is 0 Å². The molecule has 3 rings (SSSR count). The minimum atomic E-state index is -3.87. The van der Waals surface area contributed by atoms with Crippen LogP contribution in [0.2, 0.25) is 0 Å². The second-order valence-electron chi connectivity index (χ2n) is 9.03. The topological polar surface area (TPSA) is 95.6 Å². The van der Waals surface area contributed by atoms with Gasteiger partial charge in [-0.05, 0) is 67.7 Å². The number of sulfonamides is 1. The predicted molar refractivity (Wildman–Crippen MR) is 117 cm³/mol. The summed E-state index contributed by atoms with van der Waals surface area (Å²) in [5.74, 6) is 0.573. The summed E-state index contributed by atoms with van der Waals surface area (Å²) in [6.07, 6.45) is 4.09. The van der Waals surface area contributed by atoms with Gasteiger partial charge in [0, 0.05) is 25.2 Å². The van der Waals surface area contributed by atoms with Crippen molar-refractivity contribution in [1.29, 1.82) is 0 Å². The number of nitrogens with zero attached hydrogens (tertiary/aromatic N) is 1. The molecule has 1 saturated heterocycles. The Morgan fingerprint density at radius 1 is 1.23 bits per heavy atom. The van der Waals surface area contributed by atoms with Crippen molar-refractivity contribution in [2.75, 3.05) is 18.4 Å². The number of rotatable bonds is 6. The van der Waals surface area contributed by atoms with Gasteiger partial charge >= 0.3 is 0 Å². The van der Waals surface area contributed by atoms with Crippen LogP contribution in [0.15, 0.2) is 23.1 Å². The van der Waals surface area contributed by atoms with Crippen molar-refractivity contribution in [3.05, 3.63) is 23.8 Å². The van der Waals surface area contributed by atoms with Crippen LogP contribution in [0.25, 0.3) is 0 Å². The Labute approximate surface area is 179 Å². The lowest BCUT2D eigenvalue weighted by molar-refractivity contribution is -0.134. The van der Waals surface area contributed by atoms with Crippen molar-refractivity contribution in [2.24, 2.45) is 11.8 Å². The van der Waals surface area contributed by atoms with E-state index in [0.717, 1.165) is 18.4 Å². The number of hydrogen-bond donors (Lipinski definition) is 2. The first kappa shape index (κ1) is 22.7. The Morgan fingerprint density at radius 3 is 2.60 bits per heavy atom. The number of likely N-dealkylation sites (tertiary alicyclic amines) is 1. The third-order valence-corrected chi connectivity index (χ3v) is 7.38. The first-order chi connectivity index (χ1) is 14.2. The Bertz CT molecular complexity index is 890. The van der Waals surface area contributed by atoms with E-state index < -0.39 is 16.1 Å². The standard InChI is InChI=1S/C22H33N3O4S/c1-15(2)13-20(22(27)25-11-9-16(3)10-12-25)24-30(28,29)18-7-8-19-17(14-18)5-4-6-21(26)23-19/h7-8,14-16,20,24H,4-6,9-13H2,1-3H3,(H,23,26)/t20-/m0/s1. The van der Waals surface area contributed by atoms with E-state index in [1.807, 2.05) is 13.8 Å². The minimum absolute atomic E-state index is 0.0547. The molecule has 0 aliphatic carbocycles. The van der Waals surface area contributed by atoms with Gasteiger partial charge in [0.1, 0.15) is 6.04 Å². The molecular formula is C22H33N3O4S. The third-order valence-electron chi connectivity index (χ3n) is 5.91. The zero-order valence-corrected chi connectivity index (χ0v) is 18.9. The zero-order valence-electron chi connectivity index (χ0n) is 18.1. The van der Waals surface area contributed by atoms with Gasteiger partial charge in [-0.25, -0.2) is 8.42 Å². The molecule has 1 fully saturated rings. The number of nitrogens with one attached hydrogen (secondary N) is 2. The van der Waals surface area contributed by atoms with Gasteiger partial charge in [-0.1, -0.05) is 20.8 Å². The molecule has 2 aliphatic rings. The van der Waals surface area contributed by atoms with E-state index in [1.54, 1.807) is 17.0 Å². The summed E-state index contributed by atoms with van der Waals surface area (Å²) in [4.78, 5) is 26.8. The summed E-state index contributed by atoms with van der Waals surface area (Å²) in [6, 6.07) is 3.97. The monoisotopic (exact) mass is 435 g/mol. The number of carbonyl (C=O) groups is 2. The van der Waals surface area contributed by atoms with Crippen LogP contribution < -0.4 is 10.0 Å². The van der Waals surface area contributed by atoms with E-state index in [4.69, 9.17) is 0 Å². The predicted octanol–water partition coefficient (Wildman–Crippen LogP) is 2.91. The van der Waals surface area contributed by atoms with E-state index in [9.17, 15) is 18.0 Å². The Balaban J connectivity index is 1.80. The highest BCUT2D eigenvalue weighted by Gasteiger charge is 2.31. The molecule has 1 atom stereocenters. The molecule has 0 aromatic heterocycles. The average molecular weight is 436 g/mol. The number of fused-ring (bicyclic) bond motifs is 1. The van der Waals surface area contributed by atoms with Crippen molar-refractivity contribution in [2.45, 2.75) is 70.2 Å².